The normalized spacial score (nSPS) is 36.2. The fraction of sp³-hybridized carbons (Fsp3) is 1.00. The Balaban J connectivity index is 1.51. The van der Waals surface area contributed by atoms with Gasteiger partial charge in [0, 0.05) is 6.61 Å². The van der Waals surface area contributed by atoms with E-state index in [0.29, 0.717) is 6.10 Å². The number of nitrogens with one attached hydrogen (secondary N) is 2. The van der Waals surface area contributed by atoms with Gasteiger partial charge in [-0.25, -0.2) is 0 Å². The van der Waals surface area contributed by atoms with Crippen molar-refractivity contribution < 1.29 is 4.74 Å². The highest BCUT2D eigenvalue weighted by Crippen LogP contribution is 2.16. The van der Waals surface area contributed by atoms with Crippen molar-refractivity contribution in [2.24, 2.45) is 11.8 Å². The van der Waals surface area contributed by atoms with Crippen molar-refractivity contribution in [2.75, 3.05) is 32.8 Å². The van der Waals surface area contributed by atoms with Crippen LogP contribution in [0.3, 0.4) is 0 Å². The molecule has 2 heterocycles. The summed E-state index contributed by atoms with van der Waals surface area (Å²) in [5.74, 6) is 1.66. The van der Waals surface area contributed by atoms with Crippen LogP contribution in [0, 0.1) is 11.8 Å². The molecule has 2 saturated heterocycles. The highest BCUT2D eigenvalue weighted by molar-refractivity contribution is 4.79. The van der Waals surface area contributed by atoms with Gasteiger partial charge in [-0.3, -0.25) is 0 Å². The Morgan fingerprint density at radius 3 is 3.00 bits per heavy atom. The highest BCUT2D eigenvalue weighted by atomic mass is 16.5. The molecular formula is C12H24N2O. The third-order valence-electron chi connectivity index (χ3n) is 3.75. The lowest BCUT2D eigenvalue weighted by molar-refractivity contribution is 0.104. The predicted octanol–water partition coefficient (Wildman–Crippen LogP) is 1.00. The molecule has 2 rings (SSSR count). The van der Waals surface area contributed by atoms with Crippen molar-refractivity contribution in [1.29, 1.82) is 0 Å². The molecule has 0 aromatic heterocycles. The average molecular weight is 212 g/mol. The first-order valence-electron chi connectivity index (χ1n) is 6.39. The van der Waals surface area contributed by atoms with E-state index in [1.807, 2.05) is 0 Å². The molecule has 3 atom stereocenters. The number of rotatable bonds is 5. The summed E-state index contributed by atoms with van der Waals surface area (Å²) >= 11 is 0. The Bertz CT molecular complexity index is 180. The zero-order chi connectivity index (χ0) is 10.5. The molecule has 88 valence electrons. The van der Waals surface area contributed by atoms with E-state index in [0.717, 1.165) is 25.0 Å². The van der Waals surface area contributed by atoms with Gasteiger partial charge in [-0.05, 0) is 57.3 Å². The van der Waals surface area contributed by atoms with Gasteiger partial charge in [0.25, 0.3) is 0 Å². The molecule has 2 aliphatic heterocycles. The van der Waals surface area contributed by atoms with Gasteiger partial charge >= 0.3 is 0 Å². The van der Waals surface area contributed by atoms with Gasteiger partial charge in [-0.2, -0.15) is 0 Å². The van der Waals surface area contributed by atoms with Gasteiger partial charge in [0.1, 0.15) is 0 Å². The van der Waals surface area contributed by atoms with E-state index in [1.54, 1.807) is 0 Å². The van der Waals surface area contributed by atoms with Crippen LogP contribution in [0.5, 0.6) is 0 Å². The summed E-state index contributed by atoms with van der Waals surface area (Å²) in [6.45, 7) is 7.99. The van der Waals surface area contributed by atoms with Crippen molar-refractivity contribution in [3.63, 3.8) is 0 Å². The maximum atomic E-state index is 5.59. The molecule has 3 heteroatoms. The minimum absolute atomic E-state index is 0.539. The zero-order valence-electron chi connectivity index (χ0n) is 9.80. The summed E-state index contributed by atoms with van der Waals surface area (Å²) in [6, 6.07) is 0. The smallest absolute Gasteiger partial charge is 0.0588 e. The van der Waals surface area contributed by atoms with E-state index in [9.17, 15) is 0 Å². The van der Waals surface area contributed by atoms with E-state index in [2.05, 4.69) is 17.6 Å². The summed E-state index contributed by atoms with van der Waals surface area (Å²) in [4.78, 5) is 0. The topological polar surface area (TPSA) is 33.3 Å². The maximum Gasteiger partial charge on any atom is 0.0588 e. The Kier molecular flexibility index (Phi) is 4.42. The SMILES string of the molecule is CC1CNCC1CNCCC1CCCO1. The van der Waals surface area contributed by atoms with Gasteiger partial charge in [0.15, 0.2) is 0 Å². The van der Waals surface area contributed by atoms with E-state index in [1.165, 1.54) is 38.9 Å². The lowest BCUT2D eigenvalue weighted by atomic mass is 9.98. The first kappa shape index (κ1) is 11.4. The Hall–Kier alpha value is -0.120. The van der Waals surface area contributed by atoms with Crippen LogP contribution in [-0.2, 0) is 4.74 Å². The van der Waals surface area contributed by atoms with Crippen LogP contribution >= 0.6 is 0 Å². The first-order valence-corrected chi connectivity index (χ1v) is 6.39. The Morgan fingerprint density at radius 1 is 1.40 bits per heavy atom. The predicted molar refractivity (Wildman–Crippen MR) is 62.0 cm³/mol. The van der Waals surface area contributed by atoms with E-state index >= 15 is 0 Å². The van der Waals surface area contributed by atoms with E-state index in [-0.39, 0.29) is 0 Å². The van der Waals surface area contributed by atoms with Crippen LogP contribution in [0.15, 0.2) is 0 Å². The number of hydrogen-bond acceptors (Lipinski definition) is 3. The van der Waals surface area contributed by atoms with Gasteiger partial charge in [0.2, 0.25) is 0 Å². The molecule has 0 amide bonds. The Labute approximate surface area is 93.0 Å². The minimum atomic E-state index is 0.539. The van der Waals surface area contributed by atoms with E-state index in [4.69, 9.17) is 4.74 Å². The summed E-state index contributed by atoms with van der Waals surface area (Å²) < 4.78 is 5.59. The quantitative estimate of drug-likeness (QED) is 0.667. The standard InChI is InChI=1S/C12H24N2O/c1-10-7-14-9-11(10)8-13-5-4-12-3-2-6-15-12/h10-14H,2-9H2,1H3. The molecule has 15 heavy (non-hydrogen) atoms. The second-order valence-corrected chi connectivity index (χ2v) is 5.02. The monoisotopic (exact) mass is 212 g/mol. The molecule has 0 radical (unpaired) electrons. The van der Waals surface area contributed by atoms with E-state index < -0.39 is 0 Å². The molecule has 0 aromatic carbocycles. The molecule has 0 spiro atoms. The second kappa shape index (κ2) is 5.83. The lowest BCUT2D eigenvalue weighted by Gasteiger charge is -2.16. The molecular weight excluding hydrogens is 188 g/mol. The summed E-state index contributed by atoms with van der Waals surface area (Å²) in [5, 5.41) is 7.00. The molecule has 2 N–H and O–H groups in total. The van der Waals surface area contributed by atoms with Crippen molar-refractivity contribution in [3.8, 4) is 0 Å². The van der Waals surface area contributed by atoms with Gasteiger partial charge in [-0.1, -0.05) is 6.92 Å². The fourth-order valence-corrected chi connectivity index (χ4v) is 2.56. The van der Waals surface area contributed by atoms with Crippen LogP contribution in [0.25, 0.3) is 0 Å². The number of ether oxygens (including phenoxy) is 1. The van der Waals surface area contributed by atoms with Crippen LogP contribution in [0.4, 0.5) is 0 Å². The third kappa shape index (κ3) is 3.44. The van der Waals surface area contributed by atoms with Crippen molar-refractivity contribution in [1.82, 2.24) is 10.6 Å². The molecule has 3 unspecified atom stereocenters. The van der Waals surface area contributed by atoms with Gasteiger partial charge in [-0.15, -0.1) is 0 Å². The Morgan fingerprint density at radius 2 is 2.33 bits per heavy atom. The maximum absolute atomic E-state index is 5.59. The highest BCUT2D eigenvalue weighted by Gasteiger charge is 2.22. The summed E-state index contributed by atoms with van der Waals surface area (Å²) in [6.07, 6.45) is 4.25. The van der Waals surface area contributed by atoms with Crippen molar-refractivity contribution in [2.45, 2.75) is 32.3 Å². The summed E-state index contributed by atoms with van der Waals surface area (Å²) in [7, 11) is 0. The fourth-order valence-electron chi connectivity index (χ4n) is 2.56. The number of hydrogen-bond donors (Lipinski definition) is 2. The van der Waals surface area contributed by atoms with Crippen LogP contribution < -0.4 is 10.6 Å². The zero-order valence-corrected chi connectivity index (χ0v) is 9.80. The molecule has 3 nitrogen and oxygen atoms in total. The van der Waals surface area contributed by atoms with Crippen molar-refractivity contribution >= 4 is 0 Å². The van der Waals surface area contributed by atoms with Crippen LogP contribution in [0.1, 0.15) is 26.2 Å². The average Bonchev–Trinajstić information content (AvgIpc) is 2.85. The van der Waals surface area contributed by atoms with Gasteiger partial charge in [0.05, 0.1) is 6.10 Å². The van der Waals surface area contributed by atoms with Gasteiger partial charge < -0.3 is 15.4 Å². The van der Waals surface area contributed by atoms with Crippen LogP contribution in [-0.4, -0.2) is 38.9 Å². The largest absolute Gasteiger partial charge is 0.378 e. The molecule has 2 fully saturated rings. The van der Waals surface area contributed by atoms with Crippen molar-refractivity contribution in [3.05, 3.63) is 0 Å². The third-order valence-corrected chi connectivity index (χ3v) is 3.75. The molecule has 0 bridgehead atoms. The lowest BCUT2D eigenvalue weighted by Crippen LogP contribution is -2.29. The van der Waals surface area contributed by atoms with Crippen LogP contribution in [0.2, 0.25) is 0 Å². The molecule has 0 saturated carbocycles. The summed E-state index contributed by atoms with van der Waals surface area (Å²) in [5.41, 5.74) is 0. The molecule has 0 aliphatic carbocycles. The minimum Gasteiger partial charge on any atom is -0.378 e. The molecule has 2 aliphatic rings. The molecule has 0 aromatic rings. The first-order chi connectivity index (χ1) is 7.36. The second-order valence-electron chi connectivity index (χ2n) is 5.02.